The lowest BCUT2D eigenvalue weighted by molar-refractivity contribution is -0.134. The molecule has 7 heteroatoms. The van der Waals surface area contributed by atoms with Gasteiger partial charge in [-0.2, -0.15) is 5.10 Å². The molecule has 1 atom stereocenters. The maximum absolute atomic E-state index is 12.1. The van der Waals surface area contributed by atoms with Gasteiger partial charge in [-0.1, -0.05) is 0 Å². The van der Waals surface area contributed by atoms with Crippen LogP contribution in [0.2, 0.25) is 0 Å². The molecule has 0 bridgehead atoms. The molecular formula is C14H21N3O3S. The van der Waals surface area contributed by atoms with Crippen LogP contribution >= 0.6 is 0 Å². The van der Waals surface area contributed by atoms with Crippen molar-refractivity contribution in [1.29, 1.82) is 0 Å². The van der Waals surface area contributed by atoms with Crippen molar-refractivity contribution in [2.24, 2.45) is 11.8 Å². The van der Waals surface area contributed by atoms with Crippen molar-refractivity contribution < 1.29 is 13.2 Å². The highest BCUT2D eigenvalue weighted by molar-refractivity contribution is 7.90. The first kappa shape index (κ1) is 14.6. The number of sulfone groups is 1. The fraction of sp³-hybridized carbons (Fsp3) is 0.714. The van der Waals surface area contributed by atoms with Crippen LogP contribution in [0.5, 0.6) is 0 Å². The monoisotopic (exact) mass is 311 g/mol. The molecule has 0 radical (unpaired) electrons. The zero-order valence-corrected chi connectivity index (χ0v) is 13.0. The zero-order valence-electron chi connectivity index (χ0n) is 12.2. The van der Waals surface area contributed by atoms with Crippen LogP contribution in [-0.4, -0.2) is 48.8 Å². The normalized spacial score (nSPS) is 23.3. The predicted molar refractivity (Wildman–Crippen MR) is 77.4 cm³/mol. The Kier molecular flexibility index (Phi) is 3.77. The van der Waals surface area contributed by atoms with Crippen LogP contribution in [0.3, 0.4) is 0 Å². The fourth-order valence-corrected chi connectivity index (χ4v) is 3.90. The van der Waals surface area contributed by atoms with E-state index in [-0.39, 0.29) is 16.7 Å². The van der Waals surface area contributed by atoms with Crippen molar-refractivity contribution in [1.82, 2.24) is 15.1 Å². The smallest absolute Gasteiger partial charge is 0.225 e. The third-order valence-corrected chi connectivity index (χ3v) is 5.48. The van der Waals surface area contributed by atoms with E-state index in [1.807, 2.05) is 4.90 Å². The molecular weight excluding hydrogens is 290 g/mol. The highest BCUT2D eigenvalue weighted by Crippen LogP contribution is 2.33. The summed E-state index contributed by atoms with van der Waals surface area (Å²) < 4.78 is 23.4. The van der Waals surface area contributed by atoms with Gasteiger partial charge in [-0.3, -0.25) is 9.89 Å². The number of hydrogen-bond donors (Lipinski definition) is 1. The Morgan fingerprint density at radius 2 is 2.19 bits per heavy atom. The summed E-state index contributed by atoms with van der Waals surface area (Å²) in [6.45, 7) is 1.57. The highest BCUT2D eigenvalue weighted by atomic mass is 32.2. The molecule has 3 rings (SSSR count). The van der Waals surface area contributed by atoms with E-state index < -0.39 is 9.84 Å². The zero-order chi connectivity index (χ0) is 15.0. The molecule has 0 aromatic carbocycles. The number of nitrogens with one attached hydrogen (secondary N) is 1. The van der Waals surface area contributed by atoms with Gasteiger partial charge in [0, 0.05) is 25.3 Å². The molecule has 0 unspecified atom stereocenters. The SMILES string of the molecule is CS(=O)(=O)c1cn[nH]c1C[C@H]1CCCN(C(=O)C2CC2)C1. The number of carbonyl (C=O) groups excluding carboxylic acids is 1. The standard InChI is InChI=1S/C14H21N3O3S/c1-21(19,20)13-8-15-16-12(13)7-10-3-2-6-17(9-10)14(18)11-4-5-11/h8,10-11H,2-7,9H2,1H3,(H,15,16)/t10-/m1/s1. The molecule has 1 amide bonds. The van der Waals surface area contributed by atoms with Gasteiger partial charge in [0.1, 0.15) is 4.90 Å². The van der Waals surface area contributed by atoms with Gasteiger partial charge in [-0.15, -0.1) is 0 Å². The topological polar surface area (TPSA) is 83.1 Å². The van der Waals surface area contributed by atoms with Crippen LogP contribution in [0, 0.1) is 11.8 Å². The Morgan fingerprint density at radius 1 is 1.43 bits per heavy atom. The molecule has 2 heterocycles. The summed E-state index contributed by atoms with van der Waals surface area (Å²) in [5.74, 6) is 0.845. The van der Waals surface area contributed by atoms with Crippen LogP contribution < -0.4 is 0 Å². The maximum Gasteiger partial charge on any atom is 0.225 e. The van der Waals surface area contributed by atoms with Gasteiger partial charge in [0.05, 0.1) is 11.9 Å². The first-order valence-electron chi connectivity index (χ1n) is 7.46. The number of H-pyrrole nitrogens is 1. The molecule has 2 fully saturated rings. The van der Waals surface area contributed by atoms with Gasteiger partial charge in [-0.25, -0.2) is 8.42 Å². The average Bonchev–Trinajstić information content (AvgIpc) is 3.17. The molecule has 6 nitrogen and oxygen atoms in total. The molecule has 1 aliphatic heterocycles. The summed E-state index contributed by atoms with van der Waals surface area (Å²) in [4.78, 5) is 14.4. The van der Waals surface area contributed by atoms with E-state index in [1.165, 1.54) is 12.5 Å². The Morgan fingerprint density at radius 3 is 2.86 bits per heavy atom. The van der Waals surface area contributed by atoms with E-state index in [2.05, 4.69) is 10.2 Å². The summed E-state index contributed by atoms with van der Waals surface area (Å²) in [6.07, 6.45) is 7.28. The number of hydrogen-bond acceptors (Lipinski definition) is 4. The van der Waals surface area contributed by atoms with Crippen molar-refractivity contribution in [3.63, 3.8) is 0 Å². The molecule has 1 aliphatic carbocycles. The third kappa shape index (κ3) is 3.28. The first-order valence-corrected chi connectivity index (χ1v) is 9.35. The molecule has 1 aromatic rings. The number of aromatic amines is 1. The summed E-state index contributed by atoms with van der Waals surface area (Å²) in [5, 5.41) is 6.67. The van der Waals surface area contributed by atoms with Crippen molar-refractivity contribution >= 4 is 15.7 Å². The van der Waals surface area contributed by atoms with E-state index >= 15 is 0 Å². The van der Waals surface area contributed by atoms with Crippen molar-refractivity contribution in [2.75, 3.05) is 19.3 Å². The van der Waals surface area contributed by atoms with Crippen molar-refractivity contribution in [3.8, 4) is 0 Å². The Labute approximate surface area is 124 Å². The molecule has 2 aliphatic rings. The Bertz CT molecular complexity index is 634. The number of aromatic nitrogens is 2. The van der Waals surface area contributed by atoms with E-state index in [0.29, 0.717) is 18.0 Å². The molecule has 0 spiro atoms. The maximum atomic E-state index is 12.1. The number of carbonyl (C=O) groups is 1. The van der Waals surface area contributed by atoms with Crippen molar-refractivity contribution in [3.05, 3.63) is 11.9 Å². The quantitative estimate of drug-likeness (QED) is 0.899. The highest BCUT2D eigenvalue weighted by Gasteiger charge is 2.35. The number of amides is 1. The molecule has 1 aromatic heterocycles. The van der Waals surface area contributed by atoms with Crippen LogP contribution in [0.15, 0.2) is 11.1 Å². The summed E-state index contributed by atoms with van der Waals surface area (Å²) >= 11 is 0. The lowest BCUT2D eigenvalue weighted by Crippen LogP contribution is -2.41. The van der Waals surface area contributed by atoms with Gasteiger partial charge in [0.15, 0.2) is 9.84 Å². The lowest BCUT2D eigenvalue weighted by atomic mass is 9.93. The number of likely N-dealkylation sites (tertiary alicyclic amines) is 1. The molecule has 1 saturated heterocycles. The summed E-state index contributed by atoms with van der Waals surface area (Å²) in [6, 6.07) is 0. The Balaban J connectivity index is 1.67. The number of nitrogens with zero attached hydrogens (tertiary/aromatic N) is 2. The van der Waals surface area contributed by atoms with Crippen LogP contribution in [0.4, 0.5) is 0 Å². The van der Waals surface area contributed by atoms with E-state index in [4.69, 9.17) is 0 Å². The minimum atomic E-state index is -3.25. The largest absolute Gasteiger partial charge is 0.342 e. The molecule has 21 heavy (non-hydrogen) atoms. The number of piperidine rings is 1. The number of rotatable bonds is 4. The first-order chi connectivity index (χ1) is 9.95. The van der Waals surface area contributed by atoms with Gasteiger partial charge < -0.3 is 4.90 Å². The van der Waals surface area contributed by atoms with E-state index in [0.717, 1.165) is 38.8 Å². The van der Waals surface area contributed by atoms with Gasteiger partial charge in [0.25, 0.3) is 0 Å². The van der Waals surface area contributed by atoms with E-state index in [1.54, 1.807) is 0 Å². The lowest BCUT2D eigenvalue weighted by Gasteiger charge is -2.33. The Hall–Kier alpha value is -1.37. The molecule has 116 valence electrons. The van der Waals surface area contributed by atoms with Crippen LogP contribution in [0.25, 0.3) is 0 Å². The van der Waals surface area contributed by atoms with Gasteiger partial charge in [0.2, 0.25) is 5.91 Å². The van der Waals surface area contributed by atoms with E-state index in [9.17, 15) is 13.2 Å². The van der Waals surface area contributed by atoms with Crippen LogP contribution in [0.1, 0.15) is 31.4 Å². The summed E-state index contributed by atoms with van der Waals surface area (Å²) in [5.41, 5.74) is 0.670. The second kappa shape index (κ2) is 5.44. The average molecular weight is 311 g/mol. The second-order valence-electron chi connectivity index (χ2n) is 6.26. The van der Waals surface area contributed by atoms with Crippen molar-refractivity contribution in [2.45, 2.75) is 37.0 Å². The van der Waals surface area contributed by atoms with Crippen LogP contribution in [-0.2, 0) is 21.1 Å². The van der Waals surface area contributed by atoms with Gasteiger partial charge >= 0.3 is 0 Å². The predicted octanol–water partition coefficient (Wildman–Crippen LogP) is 1.00. The summed E-state index contributed by atoms with van der Waals surface area (Å²) in [7, 11) is -3.25. The fourth-order valence-electron chi connectivity index (χ4n) is 3.08. The molecule has 1 saturated carbocycles. The second-order valence-corrected chi connectivity index (χ2v) is 8.24. The minimum Gasteiger partial charge on any atom is -0.342 e. The third-order valence-electron chi connectivity index (χ3n) is 4.33. The van der Waals surface area contributed by atoms with Gasteiger partial charge in [-0.05, 0) is 38.0 Å². The minimum absolute atomic E-state index is 0.252. The molecule has 1 N–H and O–H groups in total.